The lowest BCUT2D eigenvalue weighted by atomic mass is 10.2. The smallest absolute Gasteiger partial charge is 0.337 e. The molecule has 104 valence electrons. The van der Waals surface area contributed by atoms with Crippen LogP contribution in [0.3, 0.4) is 0 Å². The molecule has 0 saturated heterocycles. The number of aromatic nitrogens is 1. The number of unbranched alkanes of at least 4 members (excludes halogenated alkanes) is 1. The molecule has 0 aliphatic carbocycles. The summed E-state index contributed by atoms with van der Waals surface area (Å²) in [5, 5.41) is 22.4. The number of pyridine rings is 1. The van der Waals surface area contributed by atoms with Gasteiger partial charge in [0.25, 0.3) is 0 Å². The van der Waals surface area contributed by atoms with Crippen LogP contribution in [0.2, 0.25) is 0 Å². The Labute approximate surface area is 109 Å². The van der Waals surface area contributed by atoms with Crippen molar-refractivity contribution in [3.05, 3.63) is 27.9 Å². The van der Waals surface area contributed by atoms with Crippen LogP contribution in [0.4, 0.5) is 11.5 Å². The molecule has 0 saturated carbocycles. The van der Waals surface area contributed by atoms with Crippen molar-refractivity contribution in [2.24, 2.45) is 0 Å². The fourth-order valence-electron chi connectivity index (χ4n) is 1.42. The van der Waals surface area contributed by atoms with Crippen LogP contribution in [-0.2, 0) is 4.74 Å². The number of carboxylic acids is 1. The topological polar surface area (TPSA) is 115 Å². The summed E-state index contributed by atoms with van der Waals surface area (Å²) in [6.07, 6.45) is 2.69. The van der Waals surface area contributed by atoms with E-state index in [9.17, 15) is 14.9 Å². The summed E-state index contributed by atoms with van der Waals surface area (Å²) < 4.78 is 4.88. The molecule has 0 amide bonds. The number of nitro groups is 1. The molecule has 1 heterocycles. The van der Waals surface area contributed by atoms with Crippen LogP contribution in [0.5, 0.6) is 0 Å². The summed E-state index contributed by atoms with van der Waals surface area (Å²) in [6.45, 7) is 1.12. The van der Waals surface area contributed by atoms with Crippen LogP contribution in [0.1, 0.15) is 23.2 Å². The van der Waals surface area contributed by atoms with Gasteiger partial charge in [-0.15, -0.1) is 0 Å². The van der Waals surface area contributed by atoms with Crippen LogP contribution in [0.15, 0.2) is 12.3 Å². The molecule has 0 unspecified atom stereocenters. The van der Waals surface area contributed by atoms with Crippen molar-refractivity contribution < 1.29 is 19.6 Å². The summed E-state index contributed by atoms with van der Waals surface area (Å²) in [5.41, 5.74) is -0.553. The third kappa shape index (κ3) is 4.51. The highest BCUT2D eigenvalue weighted by Gasteiger charge is 2.18. The summed E-state index contributed by atoms with van der Waals surface area (Å²) in [4.78, 5) is 24.7. The number of nitrogens with one attached hydrogen (secondary N) is 1. The number of carboxylic acid groups (broad SMARTS) is 1. The summed E-state index contributed by atoms with van der Waals surface area (Å²) in [6, 6.07) is 0.993. The van der Waals surface area contributed by atoms with Crippen LogP contribution in [0.25, 0.3) is 0 Å². The van der Waals surface area contributed by atoms with E-state index in [0.29, 0.717) is 13.2 Å². The first-order valence-corrected chi connectivity index (χ1v) is 5.66. The zero-order valence-electron chi connectivity index (χ0n) is 10.5. The summed E-state index contributed by atoms with van der Waals surface area (Å²) >= 11 is 0. The van der Waals surface area contributed by atoms with Gasteiger partial charge < -0.3 is 15.2 Å². The Morgan fingerprint density at radius 1 is 1.58 bits per heavy atom. The van der Waals surface area contributed by atoms with E-state index in [4.69, 9.17) is 9.84 Å². The van der Waals surface area contributed by atoms with Gasteiger partial charge in [-0.05, 0) is 12.8 Å². The molecule has 0 aromatic carbocycles. The van der Waals surface area contributed by atoms with Gasteiger partial charge in [-0.2, -0.15) is 0 Å². The lowest BCUT2D eigenvalue weighted by Gasteiger charge is -2.06. The Morgan fingerprint density at radius 2 is 2.32 bits per heavy atom. The number of aromatic carboxylic acids is 1. The maximum Gasteiger partial charge on any atom is 0.337 e. The van der Waals surface area contributed by atoms with E-state index in [-0.39, 0.29) is 17.1 Å². The molecule has 2 N–H and O–H groups in total. The Morgan fingerprint density at radius 3 is 2.89 bits per heavy atom. The second kappa shape index (κ2) is 7.27. The molecule has 1 aromatic heterocycles. The zero-order valence-corrected chi connectivity index (χ0v) is 10.5. The molecule has 0 radical (unpaired) electrons. The Balaban J connectivity index is 2.71. The van der Waals surface area contributed by atoms with Crippen molar-refractivity contribution in [2.45, 2.75) is 12.8 Å². The quantitative estimate of drug-likeness (QED) is 0.417. The first-order chi connectivity index (χ1) is 9.06. The van der Waals surface area contributed by atoms with Gasteiger partial charge in [0.1, 0.15) is 0 Å². The molecule has 0 fully saturated rings. The lowest BCUT2D eigenvalue weighted by molar-refractivity contribution is -0.384. The van der Waals surface area contributed by atoms with E-state index in [1.165, 1.54) is 0 Å². The fraction of sp³-hybridized carbons (Fsp3) is 0.455. The van der Waals surface area contributed by atoms with Crippen LogP contribution in [0, 0.1) is 10.1 Å². The summed E-state index contributed by atoms with van der Waals surface area (Å²) in [5.74, 6) is -1.17. The predicted molar refractivity (Wildman–Crippen MR) is 67.5 cm³/mol. The molecule has 8 heteroatoms. The van der Waals surface area contributed by atoms with Crippen molar-refractivity contribution in [1.82, 2.24) is 4.98 Å². The minimum Gasteiger partial charge on any atom is -0.478 e. The van der Waals surface area contributed by atoms with Gasteiger partial charge >= 0.3 is 11.7 Å². The maximum atomic E-state index is 10.8. The van der Waals surface area contributed by atoms with Crippen LogP contribution < -0.4 is 5.32 Å². The van der Waals surface area contributed by atoms with Gasteiger partial charge in [0.2, 0.25) is 5.82 Å². The minimum absolute atomic E-state index is 0.0763. The lowest BCUT2D eigenvalue weighted by Crippen LogP contribution is -2.08. The van der Waals surface area contributed by atoms with E-state index in [2.05, 4.69) is 10.3 Å². The molecular formula is C11H15N3O5. The third-order valence-electron chi connectivity index (χ3n) is 2.38. The highest BCUT2D eigenvalue weighted by molar-refractivity contribution is 5.88. The van der Waals surface area contributed by atoms with Crippen molar-refractivity contribution >= 4 is 17.5 Å². The Kier molecular flexibility index (Phi) is 5.68. The van der Waals surface area contributed by atoms with Gasteiger partial charge in [0.15, 0.2) is 0 Å². The van der Waals surface area contributed by atoms with E-state index >= 15 is 0 Å². The maximum absolute atomic E-state index is 10.8. The average molecular weight is 269 g/mol. The number of ether oxygens (including phenoxy) is 1. The number of anilines is 1. The van der Waals surface area contributed by atoms with Crippen molar-refractivity contribution in [3.8, 4) is 0 Å². The molecule has 1 rings (SSSR count). The normalized spacial score (nSPS) is 10.2. The monoisotopic (exact) mass is 269 g/mol. The largest absolute Gasteiger partial charge is 0.478 e. The molecular weight excluding hydrogens is 254 g/mol. The van der Waals surface area contributed by atoms with Crippen molar-refractivity contribution in [2.75, 3.05) is 25.6 Å². The van der Waals surface area contributed by atoms with E-state index in [1.807, 2.05) is 0 Å². The van der Waals surface area contributed by atoms with Crippen molar-refractivity contribution in [3.63, 3.8) is 0 Å². The molecule has 8 nitrogen and oxygen atoms in total. The molecule has 0 aliphatic rings. The molecule has 19 heavy (non-hydrogen) atoms. The fourth-order valence-corrected chi connectivity index (χ4v) is 1.42. The van der Waals surface area contributed by atoms with Gasteiger partial charge in [-0.1, -0.05) is 0 Å². The van der Waals surface area contributed by atoms with Gasteiger partial charge in [0.05, 0.1) is 10.5 Å². The molecule has 0 aliphatic heterocycles. The van der Waals surface area contributed by atoms with E-state index < -0.39 is 10.9 Å². The molecule has 1 aromatic rings. The third-order valence-corrected chi connectivity index (χ3v) is 2.38. The first kappa shape index (κ1) is 14.8. The van der Waals surface area contributed by atoms with E-state index in [1.54, 1.807) is 7.11 Å². The van der Waals surface area contributed by atoms with Crippen LogP contribution in [-0.4, -0.2) is 41.2 Å². The van der Waals surface area contributed by atoms with Crippen molar-refractivity contribution in [1.29, 1.82) is 0 Å². The number of methoxy groups -OCH3 is 1. The second-order valence-electron chi connectivity index (χ2n) is 3.78. The highest BCUT2D eigenvalue weighted by Crippen LogP contribution is 2.22. The summed E-state index contributed by atoms with van der Waals surface area (Å²) in [7, 11) is 1.60. The minimum atomic E-state index is -1.25. The number of hydrogen-bond acceptors (Lipinski definition) is 6. The Hall–Kier alpha value is -2.22. The van der Waals surface area contributed by atoms with E-state index in [0.717, 1.165) is 25.1 Å². The second-order valence-corrected chi connectivity index (χ2v) is 3.78. The first-order valence-electron chi connectivity index (χ1n) is 5.66. The Bertz CT molecular complexity index is 464. The van der Waals surface area contributed by atoms with Gasteiger partial charge in [-0.25, -0.2) is 9.78 Å². The SMILES string of the molecule is COCCCCNc1ncc(C(=O)O)cc1[N+](=O)[O-]. The molecule has 0 atom stereocenters. The predicted octanol–water partition coefficient (Wildman–Crippen LogP) is 1.53. The highest BCUT2D eigenvalue weighted by atomic mass is 16.6. The number of rotatable bonds is 8. The number of nitrogens with zero attached hydrogens (tertiary/aromatic N) is 2. The molecule has 0 spiro atoms. The van der Waals surface area contributed by atoms with Gasteiger partial charge in [-0.3, -0.25) is 10.1 Å². The van der Waals surface area contributed by atoms with Crippen LogP contribution >= 0.6 is 0 Å². The number of carbonyl (C=O) groups is 1. The number of hydrogen-bond donors (Lipinski definition) is 2. The zero-order chi connectivity index (χ0) is 14.3. The standard InChI is InChI=1S/C11H15N3O5/c1-19-5-3-2-4-12-10-9(14(17)18)6-8(7-13-10)11(15)16/h6-7H,2-5H2,1H3,(H,12,13)(H,15,16). The van der Waals surface area contributed by atoms with Gasteiger partial charge in [0, 0.05) is 32.5 Å². The molecule has 0 bridgehead atoms. The average Bonchev–Trinajstić information content (AvgIpc) is 2.38.